The number of nitrogens with zero attached hydrogens (tertiary/aromatic N) is 2. The second-order valence-corrected chi connectivity index (χ2v) is 4.68. The molecule has 2 N–H and O–H groups in total. The Hall–Kier alpha value is -2.77. The van der Waals surface area contributed by atoms with Gasteiger partial charge in [-0.05, 0) is 32.0 Å². The minimum Gasteiger partial charge on any atom is -0.271 e. The predicted octanol–water partition coefficient (Wildman–Crippen LogP) is 1.24. The van der Waals surface area contributed by atoms with Crippen LogP contribution >= 0.6 is 0 Å². The smallest absolute Gasteiger partial charge is 0.271 e. The maximum atomic E-state index is 13.4. The molecule has 0 aliphatic rings. The van der Waals surface area contributed by atoms with Gasteiger partial charge in [0.1, 0.15) is 23.7 Å². The fourth-order valence-electron chi connectivity index (χ4n) is 1.91. The Morgan fingerprint density at radius 2 is 1.82 bits per heavy atom. The number of amides is 2. The Balaban J connectivity index is 1.96. The number of halogens is 2. The van der Waals surface area contributed by atoms with Crippen molar-refractivity contribution in [3.8, 4) is 0 Å². The van der Waals surface area contributed by atoms with Crippen molar-refractivity contribution in [3.63, 3.8) is 0 Å². The number of aromatic nitrogens is 2. The fraction of sp³-hybridized carbons (Fsp3) is 0.214. The maximum absolute atomic E-state index is 13.4. The molecule has 1 aromatic carbocycles. The van der Waals surface area contributed by atoms with Crippen LogP contribution in [0.1, 0.15) is 21.7 Å². The van der Waals surface area contributed by atoms with E-state index < -0.39 is 29.0 Å². The zero-order valence-corrected chi connectivity index (χ0v) is 12.0. The highest BCUT2D eigenvalue weighted by atomic mass is 19.1. The first-order valence-corrected chi connectivity index (χ1v) is 6.42. The van der Waals surface area contributed by atoms with Crippen molar-refractivity contribution < 1.29 is 18.4 Å². The van der Waals surface area contributed by atoms with E-state index in [0.29, 0.717) is 0 Å². The summed E-state index contributed by atoms with van der Waals surface area (Å²) >= 11 is 0. The third-order valence-electron chi connectivity index (χ3n) is 2.90. The summed E-state index contributed by atoms with van der Waals surface area (Å²) in [5, 5.41) is 4.09. The summed E-state index contributed by atoms with van der Waals surface area (Å²) in [6.07, 6.45) is 0. The molecule has 0 saturated carbocycles. The van der Waals surface area contributed by atoms with E-state index in [9.17, 15) is 18.4 Å². The van der Waals surface area contributed by atoms with Crippen molar-refractivity contribution >= 4 is 11.8 Å². The van der Waals surface area contributed by atoms with Gasteiger partial charge in [0.25, 0.3) is 11.8 Å². The van der Waals surface area contributed by atoms with Crippen LogP contribution in [0.3, 0.4) is 0 Å². The molecule has 0 unspecified atom stereocenters. The molecule has 1 heterocycles. The number of aryl methyl sites for hydroxylation is 2. The van der Waals surface area contributed by atoms with Gasteiger partial charge in [0, 0.05) is 5.69 Å². The third kappa shape index (κ3) is 3.46. The first kappa shape index (κ1) is 15.6. The van der Waals surface area contributed by atoms with Gasteiger partial charge in [0.15, 0.2) is 0 Å². The Labute approximate surface area is 125 Å². The highest BCUT2D eigenvalue weighted by Crippen LogP contribution is 2.11. The van der Waals surface area contributed by atoms with Gasteiger partial charge in [-0.1, -0.05) is 6.07 Å². The summed E-state index contributed by atoms with van der Waals surface area (Å²) in [6, 6.07) is 4.84. The lowest BCUT2D eigenvalue weighted by Crippen LogP contribution is -2.44. The normalized spacial score (nSPS) is 10.4. The van der Waals surface area contributed by atoms with E-state index in [0.717, 1.165) is 29.6 Å². The number of carbonyl (C=O) groups is 2. The fourth-order valence-corrected chi connectivity index (χ4v) is 1.91. The highest BCUT2D eigenvalue weighted by Gasteiger charge is 2.17. The van der Waals surface area contributed by atoms with Gasteiger partial charge in [-0.3, -0.25) is 25.1 Å². The Morgan fingerprint density at radius 3 is 2.36 bits per heavy atom. The Kier molecular flexibility index (Phi) is 4.50. The van der Waals surface area contributed by atoms with Crippen molar-refractivity contribution in [2.24, 2.45) is 0 Å². The quantitative estimate of drug-likeness (QED) is 0.838. The molecule has 0 radical (unpaired) electrons. The number of hydrogen-bond acceptors (Lipinski definition) is 3. The molecule has 6 nitrogen and oxygen atoms in total. The Bertz CT molecular complexity index is 707. The van der Waals surface area contributed by atoms with Crippen molar-refractivity contribution in [1.82, 2.24) is 20.6 Å². The molecule has 2 amide bonds. The van der Waals surface area contributed by atoms with E-state index in [1.165, 1.54) is 4.68 Å². The lowest BCUT2D eigenvalue weighted by molar-refractivity contribution is -0.122. The first-order valence-electron chi connectivity index (χ1n) is 6.42. The average Bonchev–Trinajstić information content (AvgIpc) is 2.74. The summed E-state index contributed by atoms with van der Waals surface area (Å²) in [5.74, 6) is -3.66. The van der Waals surface area contributed by atoms with E-state index >= 15 is 0 Å². The monoisotopic (exact) mass is 308 g/mol. The van der Waals surface area contributed by atoms with Crippen molar-refractivity contribution in [2.75, 3.05) is 0 Å². The zero-order valence-electron chi connectivity index (χ0n) is 12.0. The van der Waals surface area contributed by atoms with E-state index in [1.807, 2.05) is 5.43 Å². The van der Waals surface area contributed by atoms with Gasteiger partial charge in [-0.25, -0.2) is 8.78 Å². The molecule has 22 heavy (non-hydrogen) atoms. The summed E-state index contributed by atoms with van der Waals surface area (Å²) in [5.41, 5.74) is 4.83. The van der Waals surface area contributed by atoms with Gasteiger partial charge in [-0.2, -0.15) is 5.10 Å². The number of carbonyl (C=O) groups excluding carboxylic acids is 2. The molecule has 0 spiro atoms. The molecular formula is C14H14F2N4O2. The van der Waals surface area contributed by atoms with Gasteiger partial charge in [0.05, 0.1) is 5.69 Å². The largest absolute Gasteiger partial charge is 0.275 e. The van der Waals surface area contributed by atoms with E-state index in [1.54, 1.807) is 19.9 Å². The van der Waals surface area contributed by atoms with E-state index in [-0.39, 0.29) is 6.54 Å². The summed E-state index contributed by atoms with van der Waals surface area (Å²) in [4.78, 5) is 23.4. The number of benzene rings is 1. The molecule has 0 bridgehead atoms. The zero-order chi connectivity index (χ0) is 16.3. The van der Waals surface area contributed by atoms with Crippen LogP contribution in [-0.4, -0.2) is 21.6 Å². The van der Waals surface area contributed by atoms with Crippen molar-refractivity contribution in [3.05, 3.63) is 52.9 Å². The van der Waals surface area contributed by atoms with Crippen LogP contribution in [0.25, 0.3) is 0 Å². The van der Waals surface area contributed by atoms with E-state index in [2.05, 4.69) is 10.5 Å². The summed E-state index contributed by atoms with van der Waals surface area (Å²) < 4.78 is 28.2. The van der Waals surface area contributed by atoms with Crippen LogP contribution < -0.4 is 10.9 Å². The number of nitrogens with one attached hydrogen (secondary N) is 2. The van der Waals surface area contributed by atoms with Gasteiger partial charge in [-0.15, -0.1) is 0 Å². The summed E-state index contributed by atoms with van der Waals surface area (Å²) in [6.45, 7) is 3.43. The topological polar surface area (TPSA) is 76.0 Å². The van der Waals surface area contributed by atoms with Crippen LogP contribution in [0.2, 0.25) is 0 Å². The van der Waals surface area contributed by atoms with Crippen molar-refractivity contribution in [2.45, 2.75) is 20.4 Å². The molecule has 116 valence electrons. The second kappa shape index (κ2) is 6.33. The minimum absolute atomic E-state index is 0.125. The Morgan fingerprint density at radius 1 is 1.18 bits per heavy atom. The molecule has 1 aromatic heterocycles. The SMILES string of the molecule is Cc1cc(C)n(CC(=O)NNC(=O)c2c(F)cccc2F)n1. The van der Waals surface area contributed by atoms with E-state index in [4.69, 9.17) is 0 Å². The molecule has 0 aliphatic heterocycles. The van der Waals surface area contributed by atoms with Gasteiger partial charge >= 0.3 is 0 Å². The number of hydrazine groups is 1. The first-order chi connectivity index (χ1) is 10.4. The number of hydrogen-bond donors (Lipinski definition) is 2. The van der Waals surface area contributed by atoms with Crippen molar-refractivity contribution in [1.29, 1.82) is 0 Å². The van der Waals surface area contributed by atoms with Gasteiger partial charge in [0.2, 0.25) is 0 Å². The lowest BCUT2D eigenvalue weighted by atomic mass is 10.2. The maximum Gasteiger partial charge on any atom is 0.275 e. The van der Waals surface area contributed by atoms with Crippen LogP contribution in [-0.2, 0) is 11.3 Å². The standard InChI is InChI=1S/C14H14F2N4O2/c1-8-6-9(2)20(19-8)7-12(21)17-18-14(22)13-10(15)4-3-5-11(13)16/h3-6H,7H2,1-2H3,(H,17,21)(H,18,22). The van der Waals surface area contributed by atoms with Crippen LogP contribution in [0.5, 0.6) is 0 Å². The molecule has 0 fully saturated rings. The summed E-state index contributed by atoms with van der Waals surface area (Å²) in [7, 11) is 0. The number of rotatable bonds is 3. The molecule has 2 aromatic rings. The minimum atomic E-state index is -1.07. The second-order valence-electron chi connectivity index (χ2n) is 4.68. The van der Waals surface area contributed by atoms with Crippen LogP contribution in [0.4, 0.5) is 8.78 Å². The molecule has 0 atom stereocenters. The average molecular weight is 308 g/mol. The molecule has 2 rings (SSSR count). The molecule has 8 heteroatoms. The third-order valence-corrected chi connectivity index (χ3v) is 2.90. The van der Waals surface area contributed by atoms with Crippen LogP contribution in [0.15, 0.2) is 24.3 Å². The molecular weight excluding hydrogens is 294 g/mol. The van der Waals surface area contributed by atoms with Crippen LogP contribution in [0, 0.1) is 25.5 Å². The van der Waals surface area contributed by atoms with Gasteiger partial charge < -0.3 is 0 Å². The molecule has 0 saturated heterocycles. The highest BCUT2D eigenvalue weighted by molar-refractivity contribution is 5.95. The predicted molar refractivity (Wildman–Crippen MR) is 73.7 cm³/mol. The molecule has 0 aliphatic carbocycles. The lowest BCUT2D eigenvalue weighted by Gasteiger charge is -2.09.